The van der Waals surface area contributed by atoms with E-state index in [1.165, 1.54) is 0 Å². The fourth-order valence-corrected chi connectivity index (χ4v) is 1.98. The van der Waals surface area contributed by atoms with Gasteiger partial charge < -0.3 is 5.32 Å². The SMILES string of the molecule is CCCNc1cc(-c2ccc(Br)cc2)c(C)nn1. The van der Waals surface area contributed by atoms with Crippen LogP contribution in [0.25, 0.3) is 11.1 Å². The molecule has 0 radical (unpaired) electrons. The van der Waals surface area contributed by atoms with Gasteiger partial charge in [-0.25, -0.2) is 0 Å². The molecule has 2 rings (SSSR count). The Labute approximate surface area is 116 Å². The lowest BCUT2D eigenvalue weighted by Gasteiger charge is -2.08. The van der Waals surface area contributed by atoms with Gasteiger partial charge in [-0.3, -0.25) is 0 Å². The van der Waals surface area contributed by atoms with Crippen molar-refractivity contribution in [2.75, 3.05) is 11.9 Å². The topological polar surface area (TPSA) is 37.8 Å². The Bertz CT molecular complexity index is 523. The van der Waals surface area contributed by atoms with Crippen molar-refractivity contribution < 1.29 is 0 Å². The zero-order valence-corrected chi connectivity index (χ0v) is 12.2. The van der Waals surface area contributed by atoms with Gasteiger partial charge in [0.2, 0.25) is 0 Å². The first-order chi connectivity index (χ1) is 8.70. The molecule has 1 aromatic carbocycles. The van der Waals surface area contributed by atoms with Crippen LogP contribution in [0, 0.1) is 6.92 Å². The lowest BCUT2D eigenvalue weighted by atomic mass is 10.1. The van der Waals surface area contributed by atoms with E-state index >= 15 is 0 Å². The molecule has 2 aromatic rings. The monoisotopic (exact) mass is 305 g/mol. The lowest BCUT2D eigenvalue weighted by molar-refractivity contribution is 0.930. The molecular formula is C14H16BrN3. The molecular weight excluding hydrogens is 290 g/mol. The van der Waals surface area contributed by atoms with Gasteiger partial charge >= 0.3 is 0 Å². The summed E-state index contributed by atoms with van der Waals surface area (Å²) in [5.41, 5.74) is 3.22. The smallest absolute Gasteiger partial charge is 0.149 e. The standard InChI is InChI=1S/C14H16BrN3/c1-3-8-16-14-9-13(10(2)17-18-14)11-4-6-12(15)7-5-11/h4-7,9H,3,8H2,1-2H3,(H,16,18). The minimum atomic E-state index is 0.834. The van der Waals surface area contributed by atoms with E-state index in [2.05, 4.69) is 56.6 Å². The number of aryl methyl sites for hydroxylation is 1. The highest BCUT2D eigenvalue weighted by atomic mass is 79.9. The van der Waals surface area contributed by atoms with Gasteiger partial charge in [0.15, 0.2) is 0 Å². The van der Waals surface area contributed by atoms with Gasteiger partial charge in [0, 0.05) is 16.6 Å². The first-order valence-corrected chi connectivity index (χ1v) is 6.84. The molecule has 0 saturated heterocycles. The summed E-state index contributed by atoms with van der Waals surface area (Å²) < 4.78 is 1.08. The van der Waals surface area contributed by atoms with E-state index in [0.29, 0.717) is 0 Å². The first-order valence-electron chi connectivity index (χ1n) is 6.05. The van der Waals surface area contributed by atoms with E-state index in [-0.39, 0.29) is 0 Å². The minimum Gasteiger partial charge on any atom is -0.369 e. The maximum atomic E-state index is 4.21. The molecule has 0 atom stereocenters. The highest BCUT2D eigenvalue weighted by Crippen LogP contribution is 2.25. The van der Waals surface area contributed by atoms with Gasteiger partial charge in [0.05, 0.1) is 5.69 Å². The van der Waals surface area contributed by atoms with Crippen molar-refractivity contribution in [1.82, 2.24) is 10.2 Å². The summed E-state index contributed by atoms with van der Waals surface area (Å²) in [7, 11) is 0. The number of nitrogens with one attached hydrogen (secondary N) is 1. The normalized spacial score (nSPS) is 10.4. The molecule has 0 unspecified atom stereocenters. The van der Waals surface area contributed by atoms with Crippen LogP contribution in [0.15, 0.2) is 34.8 Å². The van der Waals surface area contributed by atoms with Gasteiger partial charge in [-0.05, 0) is 37.1 Å². The van der Waals surface area contributed by atoms with Crippen molar-refractivity contribution in [2.45, 2.75) is 20.3 Å². The van der Waals surface area contributed by atoms with Gasteiger partial charge in [0.1, 0.15) is 5.82 Å². The number of nitrogens with zero attached hydrogens (tertiary/aromatic N) is 2. The molecule has 0 spiro atoms. The summed E-state index contributed by atoms with van der Waals surface area (Å²) in [5.74, 6) is 0.834. The molecule has 3 nitrogen and oxygen atoms in total. The second-order valence-corrected chi connectivity index (χ2v) is 5.08. The van der Waals surface area contributed by atoms with Crippen LogP contribution in [0.4, 0.5) is 5.82 Å². The molecule has 0 fully saturated rings. The summed E-state index contributed by atoms with van der Waals surface area (Å²) >= 11 is 3.44. The Kier molecular flexibility index (Phi) is 4.31. The van der Waals surface area contributed by atoms with Crippen molar-refractivity contribution in [1.29, 1.82) is 0 Å². The van der Waals surface area contributed by atoms with E-state index in [4.69, 9.17) is 0 Å². The lowest BCUT2D eigenvalue weighted by Crippen LogP contribution is -2.04. The largest absolute Gasteiger partial charge is 0.369 e. The van der Waals surface area contributed by atoms with Gasteiger partial charge in [-0.2, -0.15) is 5.10 Å². The number of aromatic nitrogens is 2. The fraction of sp³-hybridized carbons (Fsp3) is 0.286. The average molecular weight is 306 g/mol. The van der Waals surface area contributed by atoms with Crippen molar-refractivity contribution in [3.05, 3.63) is 40.5 Å². The number of anilines is 1. The Morgan fingerprint density at radius 3 is 2.56 bits per heavy atom. The van der Waals surface area contributed by atoms with Gasteiger partial charge in [-0.1, -0.05) is 35.0 Å². The van der Waals surface area contributed by atoms with Gasteiger partial charge in [-0.15, -0.1) is 5.10 Å². The Hall–Kier alpha value is -1.42. The summed E-state index contributed by atoms with van der Waals surface area (Å²) in [5, 5.41) is 11.6. The van der Waals surface area contributed by atoms with E-state index in [1.54, 1.807) is 0 Å². The minimum absolute atomic E-state index is 0.834. The molecule has 0 amide bonds. The van der Waals surface area contributed by atoms with Crippen LogP contribution >= 0.6 is 15.9 Å². The second kappa shape index (κ2) is 5.96. The summed E-state index contributed by atoms with van der Waals surface area (Å²) in [6, 6.07) is 10.3. The number of benzene rings is 1. The average Bonchev–Trinajstić information content (AvgIpc) is 2.39. The van der Waals surface area contributed by atoms with Crippen LogP contribution in [0.5, 0.6) is 0 Å². The molecule has 4 heteroatoms. The maximum absolute atomic E-state index is 4.21. The summed E-state index contributed by atoms with van der Waals surface area (Å²) in [4.78, 5) is 0. The molecule has 0 aliphatic heterocycles. The first kappa shape index (κ1) is 13.0. The number of halogens is 1. The molecule has 0 bridgehead atoms. The molecule has 1 heterocycles. The predicted molar refractivity (Wildman–Crippen MR) is 78.7 cm³/mol. The zero-order valence-electron chi connectivity index (χ0n) is 10.6. The molecule has 0 aliphatic rings. The van der Waals surface area contributed by atoms with Crippen molar-refractivity contribution in [3.63, 3.8) is 0 Å². The maximum Gasteiger partial charge on any atom is 0.149 e. The second-order valence-electron chi connectivity index (χ2n) is 4.16. The van der Waals surface area contributed by atoms with Crippen LogP contribution < -0.4 is 5.32 Å². The van der Waals surface area contributed by atoms with Crippen molar-refractivity contribution >= 4 is 21.7 Å². The Morgan fingerprint density at radius 1 is 1.17 bits per heavy atom. The Morgan fingerprint density at radius 2 is 1.89 bits per heavy atom. The number of hydrogen-bond donors (Lipinski definition) is 1. The zero-order chi connectivity index (χ0) is 13.0. The summed E-state index contributed by atoms with van der Waals surface area (Å²) in [6.45, 7) is 5.02. The van der Waals surface area contributed by atoms with E-state index < -0.39 is 0 Å². The highest BCUT2D eigenvalue weighted by molar-refractivity contribution is 9.10. The molecule has 1 N–H and O–H groups in total. The third-order valence-corrected chi connectivity index (χ3v) is 3.22. The molecule has 18 heavy (non-hydrogen) atoms. The van der Waals surface area contributed by atoms with E-state index in [0.717, 1.165) is 40.1 Å². The van der Waals surface area contributed by atoms with E-state index in [1.807, 2.05) is 19.1 Å². The van der Waals surface area contributed by atoms with Crippen LogP contribution in [0.2, 0.25) is 0 Å². The van der Waals surface area contributed by atoms with Crippen molar-refractivity contribution in [3.8, 4) is 11.1 Å². The highest BCUT2D eigenvalue weighted by Gasteiger charge is 2.05. The number of hydrogen-bond acceptors (Lipinski definition) is 3. The molecule has 0 aliphatic carbocycles. The Balaban J connectivity index is 2.33. The fourth-order valence-electron chi connectivity index (χ4n) is 1.71. The molecule has 1 aromatic heterocycles. The van der Waals surface area contributed by atoms with Crippen LogP contribution in [-0.2, 0) is 0 Å². The molecule has 0 saturated carbocycles. The van der Waals surface area contributed by atoms with Crippen LogP contribution in [0.1, 0.15) is 19.0 Å². The van der Waals surface area contributed by atoms with Crippen LogP contribution in [0.3, 0.4) is 0 Å². The van der Waals surface area contributed by atoms with Gasteiger partial charge in [0.25, 0.3) is 0 Å². The number of rotatable bonds is 4. The van der Waals surface area contributed by atoms with E-state index in [9.17, 15) is 0 Å². The third kappa shape index (κ3) is 3.07. The third-order valence-electron chi connectivity index (χ3n) is 2.69. The molecule has 94 valence electrons. The quantitative estimate of drug-likeness (QED) is 0.926. The summed E-state index contributed by atoms with van der Waals surface area (Å²) in [6.07, 6.45) is 1.07. The van der Waals surface area contributed by atoms with Crippen molar-refractivity contribution in [2.24, 2.45) is 0 Å². The predicted octanol–water partition coefficient (Wildman–Crippen LogP) is 4.04. The van der Waals surface area contributed by atoms with Crippen LogP contribution in [-0.4, -0.2) is 16.7 Å².